The number of nitrogens with one attached hydrogen (secondary N) is 4. The molecule has 318 valence electrons. The smallest absolute Gasteiger partial charge is 0.338 e. The van der Waals surface area contributed by atoms with E-state index >= 15 is 0 Å². The molecule has 2 heterocycles. The first kappa shape index (κ1) is 47.8. The van der Waals surface area contributed by atoms with Crippen molar-refractivity contribution in [3.05, 3.63) is 62.9 Å². The molecule has 18 heteroatoms. The Morgan fingerprint density at radius 2 is 0.696 bits per heavy atom. The van der Waals surface area contributed by atoms with Crippen LogP contribution in [0.3, 0.4) is 0 Å². The number of aromatic amines is 4. The molecule has 0 saturated heterocycles. The molecule has 2 atom stereocenters. The van der Waals surface area contributed by atoms with E-state index in [-0.39, 0.29) is 13.2 Å². The van der Waals surface area contributed by atoms with Crippen molar-refractivity contribution in [3.8, 4) is 0 Å². The zero-order valence-corrected chi connectivity index (χ0v) is 33.3. The zero-order chi connectivity index (χ0) is 41.0. The van der Waals surface area contributed by atoms with Crippen LogP contribution in [0.25, 0.3) is 0 Å². The van der Waals surface area contributed by atoms with Crippen molar-refractivity contribution < 1.29 is 28.5 Å². The molecule has 0 unspecified atom stereocenters. The molecule has 0 bridgehead atoms. The highest BCUT2D eigenvalue weighted by Crippen LogP contribution is 2.16. The van der Waals surface area contributed by atoms with Crippen LogP contribution < -0.4 is 34.1 Å². The second kappa shape index (κ2) is 29.0. The topological polar surface area (TPSA) is 246 Å². The Morgan fingerprint density at radius 3 is 0.982 bits per heavy atom. The van der Waals surface area contributed by atoms with E-state index in [1.54, 1.807) is 0 Å². The lowest BCUT2D eigenvalue weighted by Gasteiger charge is -2.25. The first-order valence-electron chi connectivity index (χ1n) is 20.5. The normalized spacial score (nSPS) is 12.4. The Morgan fingerprint density at radius 1 is 0.429 bits per heavy atom. The van der Waals surface area contributed by atoms with E-state index in [2.05, 4.69) is 13.8 Å². The summed E-state index contributed by atoms with van der Waals surface area (Å²) in [6.45, 7) is 2.77. The SMILES string of the molecule is CCCCCCCCCCCCO[C@@H](C(=O)OCCn1c(=O)[nH]c(=O)[nH]c1=O)[C@@H](OCCCCCCCCCCCC)C(=O)OCCn1c(=O)[nH]c(=O)[nH]c1=O. The van der Waals surface area contributed by atoms with Gasteiger partial charge in [0.15, 0.2) is 12.2 Å². The van der Waals surface area contributed by atoms with Gasteiger partial charge in [0, 0.05) is 13.2 Å². The van der Waals surface area contributed by atoms with Crippen LogP contribution in [0, 0.1) is 0 Å². The highest BCUT2D eigenvalue weighted by molar-refractivity contribution is 5.85. The summed E-state index contributed by atoms with van der Waals surface area (Å²) in [7, 11) is 0. The fourth-order valence-corrected chi connectivity index (χ4v) is 6.11. The van der Waals surface area contributed by atoms with E-state index in [9.17, 15) is 38.4 Å². The van der Waals surface area contributed by atoms with Crippen LogP contribution in [-0.4, -0.2) is 79.6 Å². The summed E-state index contributed by atoms with van der Waals surface area (Å²) in [5.41, 5.74) is -5.94. The number of hydrogen-bond donors (Lipinski definition) is 4. The quantitative estimate of drug-likeness (QED) is 0.0601. The number of carbonyl (C=O) groups excluding carboxylic acids is 2. The summed E-state index contributed by atoms with van der Waals surface area (Å²) in [4.78, 5) is 106. The number of carbonyl (C=O) groups is 2. The van der Waals surface area contributed by atoms with Gasteiger partial charge in [-0.05, 0) is 12.8 Å². The molecule has 2 aromatic rings. The first-order chi connectivity index (χ1) is 27.1. The van der Waals surface area contributed by atoms with Crippen LogP contribution in [0.15, 0.2) is 28.8 Å². The largest absolute Gasteiger partial charge is 0.462 e. The molecule has 2 rings (SSSR count). The van der Waals surface area contributed by atoms with Gasteiger partial charge in [-0.2, -0.15) is 0 Å². The number of aromatic nitrogens is 6. The molecule has 0 aliphatic carbocycles. The lowest BCUT2D eigenvalue weighted by atomic mass is 10.1. The number of ether oxygens (including phenoxy) is 4. The summed E-state index contributed by atoms with van der Waals surface area (Å²) < 4.78 is 23.9. The molecular weight excluding hydrogens is 732 g/mol. The van der Waals surface area contributed by atoms with E-state index in [0.29, 0.717) is 22.0 Å². The van der Waals surface area contributed by atoms with Gasteiger partial charge in [0.25, 0.3) is 0 Å². The highest BCUT2D eigenvalue weighted by Gasteiger charge is 2.38. The van der Waals surface area contributed by atoms with E-state index < -0.39 is 84.6 Å². The summed E-state index contributed by atoms with van der Waals surface area (Å²) in [6.07, 6.45) is 18.2. The molecule has 0 saturated carbocycles. The summed E-state index contributed by atoms with van der Waals surface area (Å²) in [6, 6.07) is 0. The maximum atomic E-state index is 13.5. The molecule has 0 fully saturated rings. The second-order valence-corrected chi connectivity index (χ2v) is 14.0. The number of esters is 2. The molecule has 0 radical (unpaired) electrons. The number of unbranched alkanes of at least 4 members (excludes halogenated alkanes) is 18. The molecule has 0 amide bonds. The molecule has 4 N–H and O–H groups in total. The minimum Gasteiger partial charge on any atom is -0.462 e. The van der Waals surface area contributed by atoms with Gasteiger partial charge in [0.1, 0.15) is 13.2 Å². The third-order valence-corrected chi connectivity index (χ3v) is 9.31. The monoisotopic (exact) mass is 796 g/mol. The van der Waals surface area contributed by atoms with E-state index in [4.69, 9.17) is 18.9 Å². The zero-order valence-electron chi connectivity index (χ0n) is 33.3. The van der Waals surface area contributed by atoms with Crippen LogP contribution >= 0.6 is 0 Å². The van der Waals surface area contributed by atoms with E-state index in [1.165, 1.54) is 64.2 Å². The van der Waals surface area contributed by atoms with Crippen LogP contribution in [0.2, 0.25) is 0 Å². The van der Waals surface area contributed by atoms with Crippen LogP contribution in [0.4, 0.5) is 0 Å². The van der Waals surface area contributed by atoms with Crippen molar-refractivity contribution in [1.82, 2.24) is 29.1 Å². The van der Waals surface area contributed by atoms with E-state index in [0.717, 1.165) is 51.4 Å². The third-order valence-electron chi connectivity index (χ3n) is 9.31. The van der Waals surface area contributed by atoms with Gasteiger partial charge >= 0.3 is 46.1 Å². The average Bonchev–Trinajstić information content (AvgIpc) is 3.15. The Bertz CT molecular complexity index is 1560. The summed E-state index contributed by atoms with van der Waals surface area (Å²) >= 11 is 0. The van der Waals surface area contributed by atoms with Gasteiger partial charge in [-0.1, -0.05) is 129 Å². The van der Waals surface area contributed by atoms with Gasteiger partial charge in [0.05, 0.1) is 13.1 Å². The summed E-state index contributed by atoms with van der Waals surface area (Å²) in [5.74, 6) is -2.02. The van der Waals surface area contributed by atoms with Gasteiger partial charge < -0.3 is 18.9 Å². The van der Waals surface area contributed by atoms with Crippen molar-refractivity contribution in [2.75, 3.05) is 26.4 Å². The lowest BCUT2D eigenvalue weighted by Crippen LogP contribution is -2.47. The number of hydrogen-bond acceptors (Lipinski definition) is 12. The predicted molar refractivity (Wildman–Crippen MR) is 209 cm³/mol. The minimum atomic E-state index is -1.60. The Hall–Kier alpha value is -4.32. The molecular formula is C38H64N6O12. The molecule has 0 aromatic carbocycles. The summed E-state index contributed by atoms with van der Waals surface area (Å²) in [5, 5.41) is 0. The maximum absolute atomic E-state index is 13.5. The van der Waals surface area contributed by atoms with E-state index in [1.807, 2.05) is 19.9 Å². The fraction of sp³-hybridized carbons (Fsp3) is 0.789. The lowest BCUT2D eigenvalue weighted by molar-refractivity contribution is -0.184. The van der Waals surface area contributed by atoms with Gasteiger partial charge in [-0.3, -0.25) is 19.9 Å². The van der Waals surface area contributed by atoms with Crippen LogP contribution in [-0.2, 0) is 41.6 Å². The Labute approximate surface area is 326 Å². The Balaban J connectivity index is 2.12. The van der Waals surface area contributed by atoms with Crippen molar-refractivity contribution in [3.63, 3.8) is 0 Å². The molecule has 0 spiro atoms. The standard InChI is InChI=1S/C38H64N6O12/c1-3-5-7-9-11-13-15-17-19-21-25-53-29(31(45)55-27-23-43-35(49)39-33(47)40-36(43)50)30(54-26-22-20-18-16-14-12-10-8-6-4-2)32(46)56-28-24-44-37(51)41-34(48)42-38(44)52/h29-30H,3-28H2,1-2H3,(H2,39,40,47,49,50)(H2,41,42,48,51,52)/t29-,30-/m1/s1. The minimum absolute atomic E-state index is 0.0862. The second-order valence-electron chi connectivity index (χ2n) is 14.0. The van der Waals surface area contributed by atoms with Gasteiger partial charge in [-0.25, -0.2) is 47.5 Å². The van der Waals surface area contributed by atoms with Crippen LogP contribution in [0.5, 0.6) is 0 Å². The van der Waals surface area contributed by atoms with Crippen molar-refractivity contribution in [2.45, 2.75) is 168 Å². The van der Waals surface area contributed by atoms with Crippen molar-refractivity contribution in [1.29, 1.82) is 0 Å². The van der Waals surface area contributed by atoms with Crippen molar-refractivity contribution in [2.24, 2.45) is 0 Å². The molecule has 18 nitrogen and oxygen atoms in total. The number of nitrogens with zero attached hydrogens (tertiary/aromatic N) is 2. The third kappa shape index (κ3) is 19.5. The van der Waals surface area contributed by atoms with Crippen LogP contribution in [0.1, 0.15) is 142 Å². The van der Waals surface area contributed by atoms with Crippen molar-refractivity contribution >= 4 is 11.9 Å². The predicted octanol–water partition coefficient (Wildman–Crippen LogP) is 3.16. The highest BCUT2D eigenvalue weighted by atomic mass is 16.6. The maximum Gasteiger partial charge on any atom is 0.338 e. The number of rotatable bonds is 33. The fourth-order valence-electron chi connectivity index (χ4n) is 6.11. The van der Waals surface area contributed by atoms with Gasteiger partial charge in [-0.15, -0.1) is 0 Å². The Kier molecular flexibility index (Phi) is 24.8. The molecule has 56 heavy (non-hydrogen) atoms. The first-order valence-corrected chi connectivity index (χ1v) is 20.5. The number of H-pyrrole nitrogens is 4. The molecule has 0 aliphatic heterocycles. The molecule has 2 aromatic heterocycles. The average molecular weight is 797 g/mol. The van der Waals surface area contributed by atoms with Gasteiger partial charge in [0.2, 0.25) is 0 Å². The molecule has 0 aliphatic rings.